The van der Waals surface area contributed by atoms with Crippen LogP contribution in [0.3, 0.4) is 0 Å². The monoisotopic (exact) mass is 386 g/mol. The highest BCUT2D eigenvalue weighted by molar-refractivity contribution is 7.15. The van der Waals surface area contributed by atoms with Crippen LogP contribution in [0.2, 0.25) is 0 Å². The highest BCUT2D eigenvalue weighted by Gasteiger charge is 2.27. The average molecular weight is 387 g/mol. The molecule has 0 spiro atoms. The Kier molecular flexibility index (Phi) is 4.89. The minimum atomic E-state index is -0.0191. The summed E-state index contributed by atoms with van der Waals surface area (Å²) in [4.78, 5) is 22.6. The standard InChI is InChI=1S/C17H18N6OS2/c18-17-23-22-14(26-17)5-8-20-15(24)11-1-2-13-12(9-11)21-16(25-13)10-3-6-19-7-4-10/h3-4,6-7,11H,1-2,5,8-9H2,(H2,18,23)(H,20,24). The van der Waals surface area contributed by atoms with Gasteiger partial charge in [-0.15, -0.1) is 21.5 Å². The number of fused-ring (bicyclic) bond motifs is 1. The van der Waals surface area contributed by atoms with Gasteiger partial charge in [0.1, 0.15) is 10.0 Å². The van der Waals surface area contributed by atoms with Gasteiger partial charge in [0.2, 0.25) is 11.0 Å². The van der Waals surface area contributed by atoms with E-state index in [2.05, 4.69) is 20.5 Å². The number of amides is 1. The third kappa shape index (κ3) is 3.73. The second-order valence-electron chi connectivity index (χ2n) is 6.14. The molecule has 0 saturated heterocycles. The molecule has 0 saturated carbocycles. The zero-order valence-corrected chi connectivity index (χ0v) is 15.6. The van der Waals surface area contributed by atoms with E-state index in [-0.39, 0.29) is 11.8 Å². The Balaban J connectivity index is 1.35. The van der Waals surface area contributed by atoms with E-state index in [1.54, 1.807) is 23.7 Å². The van der Waals surface area contributed by atoms with Crippen LogP contribution in [0.15, 0.2) is 24.5 Å². The first-order valence-electron chi connectivity index (χ1n) is 8.43. The first-order valence-corrected chi connectivity index (χ1v) is 10.1. The third-order valence-electron chi connectivity index (χ3n) is 4.36. The molecule has 26 heavy (non-hydrogen) atoms. The van der Waals surface area contributed by atoms with Crippen molar-refractivity contribution >= 4 is 33.7 Å². The van der Waals surface area contributed by atoms with Crippen molar-refractivity contribution in [2.75, 3.05) is 12.3 Å². The van der Waals surface area contributed by atoms with Crippen LogP contribution in [0.4, 0.5) is 5.13 Å². The van der Waals surface area contributed by atoms with Crippen LogP contribution in [0.5, 0.6) is 0 Å². The number of thiazole rings is 1. The number of nitrogen functional groups attached to an aromatic ring is 1. The van der Waals surface area contributed by atoms with Crippen molar-refractivity contribution in [1.82, 2.24) is 25.5 Å². The molecule has 3 heterocycles. The van der Waals surface area contributed by atoms with Gasteiger partial charge in [0.05, 0.1) is 5.69 Å². The molecular formula is C17H18N6OS2. The fourth-order valence-electron chi connectivity index (χ4n) is 3.03. The summed E-state index contributed by atoms with van der Waals surface area (Å²) in [7, 11) is 0. The Bertz CT molecular complexity index is 907. The molecule has 0 radical (unpaired) electrons. The maximum Gasteiger partial charge on any atom is 0.223 e. The summed E-state index contributed by atoms with van der Waals surface area (Å²) in [6.07, 6.45) is 6.68. The molecule has 7 nitrogen and oxygen atoms in total. The fourth-order valence-corrected chi connectivity index (χ4v) is 4.74. The lowest BCUT2D eigenvalue weighted by Crippen LogP contribution is -2.35. The summed E-state index contributed by atoms with van der Waals surface area (Å²) in [6.45, 7) is 0.552. The number of hydrogen-bond donors (Lipinski definition) is 2. The number of carbonyl (C=O) groups excluding carboxylic acids is 1. The van der Waals surface area contributed by atoms with Crippen LogP contribution < -0.4 is 11.1 Å². The van der Waals surface area contributed by atoms with E-state index < -0.39 is 0 Å². The minimum Gasteiger partial charge on any atom is -0.374 e. The van der Waals surface area contributed by atoms with Gasteiger partial charge >= 0.3 is 0 Å². The molecule has 1 aliphatic rings. The van der Waals surface area contributed by atoms with Gasteiger partial charge in [-0.3, -0.25) is 9.78 Å². The van der Waals surface area contributed by atoms with E-state index in [9.17, 15) is 4.79 Å². The zero-order chi connectivity index (χ0) is 17.9. The van der Waals surface area contributed by atoms with Crippen molar-refractivity contribution in [3.8, 4) is 10.6 Å². The summed E-state index contributed by atoms with van der Waals surface area (Å²) >= 11 is 3.08. The van der Waals surface area contributed by atoms with Crippen LogP contribution in [0, 0.1) is 5.92 Å². The Hall–Kier alpha value is -2.39. The number of hydrogen-bond acceptors (Lipinski definition) is 8. The number of aryl methyl sites for hydroxylation is 1. The van der Waals surface area contributed by atoms with Gasteiger partial charge in [0, 0.05) is 48.1 Å². The van der Waals surface area contributed by atoms with Crippen molar-refractivity contribution in [3.63, 3.8) is 0 Å². The molecule has 0 fully saturated rings. The lowest BCUT2D eigenvalue weighted by molar-refractivity contribution is -0.125. The highest BCUT2D eigenvalue weighted by Crippen LogP contribution is 2.34. The lowest BCUT2D eigenvalue weighted by atomic mass is 9.90. The number of pyridine rings is 1. The minimum absolute atomic E-state index is 0.0191. The molecule has 1 aliphatic carbocycles. The van der Waals surface area contributed by atoms with Crippen LogP contribution in [0.25, 0.3) is 10.6 Å². The molecular weight excluding hydrogens is 368 g/mol. The molecule has 9 heteroatoms. The molecule has 1 atom stereocenters. The van der Waals surface area contributed by atoms with Crippen LogP contribution in [-0.2, 0) is 24.1 Å². The third-order valence-corrected chi connectivity index (χ3v) is 6.38. The smallest absolute Gasteiger partial charge is 0.223 e. The second-order valence-corrected chi connectivity index (χ2v) is 8.32. The summed E-state index contributed by atoms with van der Waals surface area (Å²) in [5.74, 6) is 0.0703. The van der Waals surface area contributed by atoms with E-state index in [0.717, 1.165) is 34.1 Å². The first-order chi connectivity index (χ1) is 12.7. The Labute approximate surface area is 158 Å². The van der Waals surface area contributed by atoms with Crippen molar-refractivity contribution in [3.05, 3.63) is 40.1 Å². The van der Waals surface area contributed by atoms with Crippen molar-refractivity contribution in [2.45, 2.75) is 25.7 Å². The maximum absolute atomic E-state index is 12.5. The van der Waals surface area contributed by atoms with Gasteiger partial charge in [0.15, 0.2) is 0 Å². The number of nitrogens with two attached hydrogens (primary N) is 1. The summed E-state index contributed by atoms with van der Waals surface area (Å²) in [5, 5.41) is 13.1. The molecule has 3 N–H and O–H groups in total. The van der Waals surface area contributed by atoms with Gasteiger partial charge in [-0.2, -0.15) is 0 Å². The topological polar surface area (TPSA) is 107 Å². The second kappa shape index (κ2) is 7.46. The number of rotatable bonds is 5. The predicted octanol–water partition coefficient (Wildman–Crippen LogP) is 2.10. The van der Waals surface area contributed by atoms with Gasteiger partial charge in [-0.25, -0.2) is 4.98 Å². The number of aromatic nitrogens is 4. The average Bonchev–Trinajstić information content (AvgIpc) is 3.27. The largest absolute Gasteiger partial charge is 0.374 e. The quantitative estimate of drug-likeness (QED) is 0.695. The van der Waals surface area contributed by atoms with Crippen molar-refractivity contribution < 1.29 is 4.79 Å². The van der Waals surface area contributed by atoms with E-state index in [1.165, 1.54) is 16.2 Å². The van der Waals surface area contributed by atoms with Gasteiger partial charge in [0.25, 0.3) is 0 Å². The fraction of sp³-hybridized carbons (Fsp3) is 0.353. The summed E-state index contributed by atoms with van der Waals surface area (Å²) in [6, 6.07) is 3.93. The normalized spacial score (nSPS) is 16.2. The van der Waals surface area contributed by atoms with E-state index in [4.69, 9.17) is 10.7 Å². The zero-order valence-electron chi connectivity index (χ0n) is 14.0. The van der Waals surface area contributed by atoms with Gasteiger partial charge < -0.3 is 11.1 Å². The molecule has 1 amide bonds. The highest BCUT2D eigenvalue weighted by atomic mass is 32.1. The number of nitrogens with one attached hydrogen (secondary N) is 1. The van der Waals surface area contributed by atoms with E-state index in [0.29, 0.717) is 24.5 Å². The van der Waals surface area contributed by atoms with Gasteiger partial charge in [-0.1, -0.05) is 11.3 Å². The Morgan fingerprint density at radius 1 is 1.27 bits per heavy atom. The first kappa shape index (κ1) is 17.0. The SMILES string of the molecule is Nc1nnc(CCNC(=O)C2CCc3sc(-c4ccncc4)nc3C2)s1. The Morgan fingerprint density at radius 2 is 2.12 bits per heavy atom. The summed E-state index contributed by atoms with van der Waals surface area (Å²) in [5.41, 5.74) is 7.70. The molecule has 4 rings (SSSR count). The molecule has 3 aromatic heterocycles. The van der Waals surface area contributed by atoms with Crippen LogP contribution >= 0.6 is 22.7 Å². The van der Waals surface area contributed by atoms with Gasteiger partial charge in [-0.05, 0) is 25.0 Å². The van der Waals surface area contributed by atoms with Crippen LogP contribution in [0.1, 0.15) is 22.0 Å². The molecule has 0 aromatic carbocycles. The predicted molar refractivity (Wildman–Crippen MR) is 102 cm³/mol. The number of nitrogens with zero attached hydrogens (tertiary/aromatic N) is 4. The van der Waals surface area contributed by atoms with E-state index in [1.807, 2.05) is 12.1 Å². The molecule has 0 bridgehead atoms. The molecule has 1 unspecified atom stereocenters. The Morgan fingerprint density at radius 3 is 2.88 bits per heavy atom. The molecule has 3 aromatic rings. The molecule has 134 valence electrons. The van der Waals surface area contributed by atoms with E-state index >= 15 is 0 Å². The molecule has 0 aliphatic heterocycles. The lowest BCUT2D eigenvalue weighted by Gasteiger charge is -2.20. The maximum atomic E-state index is 12.5. The number of carbonyl (C=O) groups is 1. The van der Waals surface area contributed by atoms with Crippen molar-refractivity contribution in [2.24, 2.45) is 5.92 Å². The summed E-state index contributed by atoms with van der Waals surface area (Å²) < 4.78 is 0. The number of anilines is 1. The van der Waals surface area contributed by atoms with Crippen LogP contribution in [-0.4, -0.2) is 32.6 Å². The van der Waals surface area contributed by atoms with Crippen molar-refractivity contribution in [1.29, 1.82) is 0 Å².